The van der Waals surface area contributed by atoms with E-state index in [4.69, 9.17) is 0 Å². The zero-order valence-electron chi connectivity index (χ0n) is 15.7. The van der Waals surface area contributed by atoms with Crippen molar-refractivity contribution in [1.82, 2.24) is 0 Å². The molecule has 0 N–H and O–H groups in total. The number of carbonyl (C=O) groups excluding carboxylic acids is 1. The van der Waals surface area contributed by atoms with E-state index in [9.17, 15) is 9.18 Å². The highest BCUT2D eigenvalue weighted by Gasteiger charge is 2.06. The van der Waals surface area contributed by atoms with E-state index in [1.165, 1.54) is 0 Å². The highest BCUT2D eigenvalue weighted by Crippen LogP contribution is 2.18. The van der Waals surface area contributed by atoms with Crippen molar-refractivity contribution in [1.29, 1.82) is 0 Å². The van der Waals surface area contributed by atoms with Gasteiger partial charge in [0.25, 0.3) is 0 Å². The Labute approximate surface area is 147 Å². The van der Waals surface area contributed by atoms with Crippen LogP contribution >= 0.6 is 0 Å². The van der Waals surface area contributed by atoms with Crippen molar-refractivity contribution in [3.8, 4) is 0 Å². The summed E-state index contributed by atoms with van der Waals surface area (Å²) in [6.07, 6.45) is 11.3. The predicted octanol–water partition coefficient (Wildman–Crippen LogP) is 6.90. The van der Waals surface area contributed by atoms with Gasteiger partial charge in [0.1, 0.15) is 0 Å². The van der Waals surface area contributed by atoms with Crippen LogP contribution in [0.25, 0.3) is 0 Å². The molecule has 0 spiro atoms. The third-order valence-corrected chi connectivity index (χ3v) is 2.94. The second-order valence-corrected chi connectivity index (χ2v) is 4.50. The van der Waals surface area contributed by atoms with E-state index in [0.29, 0.717) is 7.18 Å². The smallest absolute Gasteiger partial charge is 0.186 e. The van der Waals surface area contributed by atoms with Gasteiger partial charge in [0.05, 0.1) is 7.18 Å². The molecule has 1 aromatic carbocycles. The van der Waals surface area contributed by atoms with E-state index in [1.807, 2.05) is 69.3 Å². The average molecular weight is 330 g/mol. The molecule has 0 atom stereocenters. The van der Waals surface area contributed by atoms with Crippen LogP contribution in [0.1, 0.15) is 50.9 Å². The Bertz CT molecular complexity index is 536. The maximum atomic E-state index is 12.3. The number of halogens is 1. The second-order valence-electron chi connectivity index (χ2n) is 4.50. The number of hydrogen-bond acceptors (Lipinski definition) is 1. The van der Waals surface area contributed by atoms with E-state index in [-0.39, 0.29) is 5.78 Å². The molecule has 0 saturated heterocycles. The Morgan fingerprint density at radius 2 is 1.75 bits per heavy atom. The van der Waals surface area contributed by atoms with Gasteiger partial charge >= 0.3 is 0 Å². The number of rotatable bonds is 7. The molecule has 24 heavy (non-hydrogen) atoms. The van der Waals surface area contributed by atoms with Gasteiger partial charge in [-0.3, -0.25) is 9.18 Å². The Morgan fingerprint density at radius 1 is 1.17 bits per heavy atom. The SMILES string of the molecule is C=CC(=C\C=C/C)/C(=C/C(=O)c1ccccc1)CCC.CC.CF. The monoisotopic (exact) mass is 330 g/mol. The number of alkyl halides is 1. The third kappa shape index (κ3) is 9.73. The highest BCUT2D eigenvalue weighted by molar-refractivity contribution is 6.05. The van der Waals surface area contributed by atoms with Gasteiger partial charge in [-0.05, 0) is 30.6 Å². The molecule has 1 rings (SSSR count). The Balaban J connectivity index is 0. The van der Waals surface area contributed by atoms with E-state index in [2.05, 4.69) is 13.5 Å². The van der Waals surface area contributed by atoms with Gasteiger partial charge in [0.2, 0.25) is 0 Å². The summed E-state index contributed by atoms with van der Waals surface area (Å²) in [5.41, 5.74) is 2.76. The van der Waals surface area contributed by atoms with Crippen molar-refractivity contribution in [2.24, 2.45) is 0 Å². The number of benzene rings is 1. The zero-order valence-corrected chi connectivity index (χ0v) is 15.7. The highest BCUT2D eigenvalue weighted by atomic mass is 19.1. The van der Waals surface area contributed by atoms with Gasteiger partial charge in [0, 0.05) is 5.56 Å². The molecule has 1 nitrogen and oxygen atoms in total. The van der Waals surface area contributed by atoms with Crippen LogP contribution in [0.15, 0.2) is 78.4 Å². The number of ketones is 1. The lowest BCUT2D eigenvalue weighted by atomic mass is 9.97. The van der Waals surface area contributed by atoms with Crippen molar-refractivity contribution in [2.75, 3.05) is 7.18 Å². The van der Waals surface area contributed by atoms with Crippen LogP contribution in [0.2, 0.25) is 0 Å². The molecular weight excluding hydrogens is 299 g/mol. The topological polar surface area (TPSA) is 17.1 Å². The summed E-state index contributed by atoms with van der Waals surface area (Å²) in [6.45, 7) is 11.9. The van der Waals surface area contributed by atoms with Crippen LogP contribution in [0.5, 0.6) is 0 Å². The van der Waals surface area contributed by atoms with E-state index < -0.39 is 0 Å². The van der Waals surface area contributed by atoms with E-state index in [0.717, 1.165) is 29.6 Å². The normalized spacial score (nSPS) is 11.1. The minimum Gasteiger partial charge on any atom is -0.289 e. The second kappa shape index (κ2) is 17.1. The van der Waals surface area contributed by atoms with Crippen molar-refractivity contribution in [2.45, 2.75) is 40.5 Å². The lowest BCUT2D eigenvalue weighted by Gasteiger charge is -2.07. The molecule has 0 unspecified atom stereocenters. The van der Waals surface area contributed by atoms with Crippen molar-refractivity contribution >= 4 is 5.78 Å². The van der Waals surface area contributed by atoms with Crippen molar-refractivity contribution < 1.29 is 9.18 Å². The number of hydrogen-bond donors (Lipinski definition) is 0. The van der Waals surface area contributed by atoms with Gasteiger partial charge in [-0.15, -0.1) is 0 Å². The molecule has 0 fully saturated rings. The maximum absolute atomic E-state index is 12.3. The first-order valence-electron chi connectivity index (χ1n) is 8.36. The van der Waals surface area contributed by atoms with Gasteiger partial charge < -0.3 is 0 Å². The minimum absolute atomic E-state index is 0.0438. The summed E-state index contributed by atoms with van der Waals surface area (Å²) in [7, 11) is 0.500. The largest absolute Gasteiger partial charge is 0.289 e. The molecule has 1 aromatic rings. The molecule has 0 radical (unpaired) electrons. The molecule has 132 valence electrons. The molecule has 0 heterocycles. The molecular formula is C22H31FO. The standard InChI is InChI=1S/C19H22O.C2H6.CH3F/c1-4-7-12-16(6-3)18(11-5-2)15-19(20)17-13-9-8-10-14-17;2*1-2/h4,6-10,12-15H,3,5,11H2,1-2H3;1-2H3;1H3/b7-4-,16-12+,18-15+;;. The first-order chi connectivity index (χ1) is 11.7. The minimum atomic E-state index is 0.0438. The fraction of sp³-hybridized carbons (Fsp3) is 0.318. The first kappa shape index (κ1) is 24.0. The molecule has 0 aliphatic carbocycles. The quantitative estimate of drug-likeness (QED) is 0.302. The first-order valence-corrected chi connectivity index (χ1v) is 8.36. The Kier molecular flexibility index (Phi) is 17.2. The van der Waals surface area contributed by atoms with Gasteiger partial charge in [-0.1, -0.05) is 88.4 Å². The molecule has 0 amide bonds. The average Bonchev–Trinajstić information content (AvgIpc) is 2.66. The molecule has 0 aliphatic heterocycles. The van der Waals surface area contributed by atoms with Gasteiger partial charge in [-0.2, -0.15) is 0 Å². The van der Waals surface area contributed by atoms with Crippen LogP contribution < -0.4 is 0 Å². The van der Waals surface area contributed by atoms with Gasteiger partial charge in [-0.25, -0.2) is 0 Å². The van der Waals surface area contributed by atoms with Crippen LogP contribution in [0.4, 0.5) is 4.39 Å². The lowest BCUT2D eigenvalue weighted by Crippen LogP contribution is -1.98. The van der Waals surface area contributed by atoms with Crippen molar-refractivity contribution in [3.63, 3.8) is 0 Å². The summed E-state index contributed by atoms with van der Waals surface area (Å²) in [4.78, 5) is 12.3. The van der Waals surface area contributed by atoms with Gasteiger partial charge in [0.15, 0.2) is 5.78 Å². The lowest BCUT2D eigenvalue weighted by molar-refractivity contribution is 0.104. The maximum Gasteiger partial charge on any atom is 0.186 e. The third-order valence-electron chi connectivity index (χ3n) is 2.94. The summed E-state index contributed by atoms with van der Waals surface area (Å²) >= 11 is 0. The Hall–Kier alpha value is -2.22. The zero-order chi connectivity index (χ0) is 18.8. The van der Waals surface area contributed by atoms with Crippen molar-refractivity contribution in [3.05, 3.63) is 84.0 Å². The number of allylic oxidation sites excluding steroid dienone is 7. The Morgan fingerprint density at radius 3 is 2.21 bits per heavy atom. The summed E-state index contributed by atoms with van der Waals surface area (Å²) in [6, 6.07) is 9.35. The van der Waals surface area contributed by atoms with E-state index in [1.54, 1.807) is 12.2 Å². The van der Waals surface area contributed by atoms with Crippen LogP contribution in [0, 0.1) is 0 Å². The van der Waals surface area contributed by atoms with Crippen LogP contribution in [-0.2, 0) is 0 Å². The summed E-state index contributed by atoms with van der Waals surface area (Å²) in [5, 5.41) is 0. The number of carbonyl (C=O) groups is 1. The fourth-order valence-electron chi connectivity index (χ4n) is 1.92. The molecule has 0 aliphatic rings. The fourth-order valence-corrected chi connectivity index (χ4v) is 1.92. The molecule has 0 bridgehead atoms. The predicted molar refractivity (Wildman–Crippen MR) is 105 cm³/mol. The van der Waals surface area contributed by atoms with Crippen LogP contribution in [0.3, 0.4) is 0 Å². The van der Waals surface area contributed by atoms with Crippen LogP contribution in [-0.4, -0.2) is 13.0 Å². The molecule has 2 heteroatoms. The summed E-state index contributed by atoms with van der Waals surface area (Å²) < 4.78 is 9.50. The molecule has 0 aromatic heterocycles. The molecule has 0 saturated carbocycles. The summed E-state index contributed by atoms with van der Waals surface area (Å²) in [5.74, 6) is 0.0438. The van der Waals surface area contributed by atoms with E-state index >= 15 is 0 Å².